The van der Waals surface area contributed by atoms with Gasteiger partial charge in [0, 0.05) is 22.8 Å². The monoisotopic (exact) mass is 349 g/mol. The fraction of sp³-hybridized carbons (Fsp3) is 0.235. The zero-order chi connectivity index (χ0) is 16.2. The van der Waals surface area contributed by atoms with Gasteiger partial charge in [-0.05, 0) is 35.9 Å². The lowest BCUT2D eigenvalue weighted by Crippen LogP contribution is -2.12. The summed E-state index contributed by atoms with van der Waals surface area (Å²) in [4.78, 5) is 12.3. The first-order valence-electron chi connectivity index (χ1n) is 7.15. The predicted octanol–water partition coefficient (Wildman–Crippen LogP) is 4.57. The summed E-state index contributed by atoms with van der Waals surface area (Å²) >= 11 is 3.82. The second-order valence-corrected chi connectivity index (χ2v) is 7.73. The molecular formula is C17H16FNO2S2. The average molecular weight is 349 g/mol. The molecule has 120 valence electrons. The number of halogens is 1. The van der Waals surface area contributed by atoms with Crippen LogP contribution < -0.4 is 10.1 Å². The first kappa shape index (κ1) is 16.2. The van der Waals surface area contributed by atoms with Crippen molar-refractivity contribution in [1.29, 1.82) is 0 Å². The number of amides is 1. The third-order valence-corrected chi connectivity index (χ3v) is 6.56. The van der Waals surface area contributed by atoms with E-state index in [4.69, 9.17) is 4.74 Å². The van der Waals surface area contributed by atoms with Gasteiger partial charge in [0.1, 0.15) is 0 Å². The van der Waals surface area contributed by atoms with E-state index in [-0.39, 0.29) is 17.2 Å². The highest BCUT2D eigenvalue weighted by atomic mass is 32.2. The van der Waals surface area contributed by atoms with Gasteiger partial charge in [0.15, 0.2) is 11.6 Å². The van der Waals surface area contributed by atoms with Crippen LogP contribution in [0.3, 0.4) is 0 Å². The molecule has 3 rings (SSSR count). The number of thioether (sulfide) groups is 2. The molecule has 1 heterocycles. The van der Waals surface area contributed by atoms with Gasteiger partial charge < -0.3 is 10.1 Å². The van der Waals surface area contributed by atoms with Gasteiger partial charge in [-0.2, -0.15) is 0 Å². The lowest BCUT2D eigenvalue weighted by Gasteiger charge is -2.11. The molecule has 1 aliphatic heterocycles. The Kier molecular flexibility index (Phi) is 5.13. The molecule has 1 amide bonds. The number of carbonyl (C=O) groups is 1. The fourth-order valence-electron chi connectivity index (χ4n) is 2.32. The molecule has 0 radical (unpaired) electrons. The van der Waals surface area contributed by atoms with Crippen LogP contribution in [0, 0.1) is 5.82 Å². The Morgan fingerprint density at radius 1 is 1.22 bits per heavy atom. The number of rotatable bonds is 4. The van der Waals surface area contributed by atoms with E-state index in [1.54, 1.807) is 6.07 Å². The predicted molar refractivity (Wildman–Crippen MR) is 95.0 cm³/mol. The molecule has 0 bridgehead atoms. The van der Waals surface area contributed by atoms with E-state index in [0.29, 0.717) is 4.58 Å². The summed E-state index contributed by atoms with van der Waals surface area (Å²) in [7, 11) is 1.39. The van der Waals surface area contributed by atoms with Gasteiger partial charge in [0.25, 0.3) is 5.91 Å². The maximum Gasteiger partial charge on any atom is 0.255 e. The minimum Gasteiger partial charge on any atom is -0.494 e. The van der Waals surface area contributed by atoms with Crippen molar-refractivity contribution in [3.8, 4) is 5.75 Å². The van der Waals surface area contributed by atoms with Crippen LogP contribution in [0.1, 0.15) is 20.5 Å². The number of methoxy groups -OCH3 is 1. The quantitative estimate of drug-likeness (QED) is 0.878. The maximum absolute atomic E-state index is 13.7. The van der Waals surface area contributed by atoms with E-state index in [1.165, 1.54) is 24.8 Å². The Labute approximate surface area is 143 Å². The van der Waals surface area contributed by atoms with Crippen LogP contribution in [0.5, 0.6) is 5.75 Å². The summed E-state index contributed by atoms with van der Waals surface area (Å²) in [6, 6.07) is 12.0. The molecule has 23 heavy (non-hydrogen) atoms. The van der Waals surface area contributed by atoms with Gasteiger partial charge in [-0.15, -0.1) is 23.5 Å². The molecule has 0 saturated carbocycles. The van der Waals surface area contributed by atoms with Gasteiger partial charge in [0.2, 0.25) is 0 Å². The highest BCUT2D eigenvalue weighted by molar-refractivity contribution is 8.19. The van der Waals surface area contributed by atoms with Crippen molar-refractivity contribution in [3.63, 3.8) is 0 Å². The molecule has 1 saturated heterocycles. The molecule has 0 aliphatic carbocycles. The summed E-state index contributed by atoms with van der Waals surface area (Å²) in [6.07, 6.45) is 0. The topological polar surface area (TPSA) is 38.3 Å². The molecule has 2 aromatic rings. The van der Waals surface area contributed by atoms with Crippen molar-refractivity contribution in [3.05, 3.63) is 59.4 Å². The zero-order valence-corrected chi connectivity index (χ0v) is 14.2. The van der Waals surface area contributed by atoms with E-state index in [1.807, 2.05) is 41.7 Å². The summed E-state index contributed by atoms with van der Waals surface area (Å²) in [5.74, 6) is 1.54. The summed E-state index contributed by atoms with van der Waals surface area (Å²) in [5, 5.41) is 2.82. The molecule has 0 atom stereocenters. The van der Waals surface area contributed by atoms with Crippen molar-refractivity contribution in [1.82, 2.24) is 0 Å². The molecule has 0 unspecified atom stereocenters. The summed E-state index contributed by atoms with van der Waals surface area (Å²) < 4.78 is 19.0. The number of ether oxygens (including phenoxy) is 1. The highest BCUT2D eigenvalue weighted by Crippen LogP contribution is 2.45. The Hall–Kier alpha value is -1.66. The number of carbonyl (C=O) groups excluding carboxylic acids is 1. The van der Waals surface area contributed by atoms with Gasteiger partial charge >= 0.3 is 0 Å². The highest BCUT2D eigenvalue weighted by Gasteiger charge is 2.18. The lowest BCUT2D eigenvalue weighted by atomic mass is 10.1. The van der Waals surface area contributed by atoms with E-state index in [9.17, 15) is 9.18 Å². The second-order valence-electron chi connectivity index (χ2n) is 5.00. The van der Waals surface area contributed by atoms with Crippen molar-refractivity contribution >= 4 is 35.1 Å². The van der Waals surface area contributed by atoms with Crippen molar-refractivity contribution in [2.45, 2.75) is 4.58 Å². The normalized spacial score (nSPS) is 14.7. The van der Waals surface area contributed by atoms with E-state index >= 15 is 0 Å². The van der Waals surface area contributed by atoms with E-state index in [0.717, 1.165) is 17.2 Å². The Morgan fingerprint density at radius 2 is 2.00 bits per heavy atom. The largest absolute Gasteiger partial charge is 0.494 e. The SMILES string of the molecule is COc1ccc(C(=O)Nc2cccc(C3SCCS3)c2)cc1F. The molecule has 6 heteroatoms. The zero-order valence-electron chi connectivity index (χ0n) is 12.5. The van der Waals surface area contributed by atoms with Crippen LogP contribution in [0.15, 0.2) is 42.5 Å². The first-order chi connectivity index (χ1) is 11.2. The average Bonchev–Trinajstić information content (AvgIpc) is 3.09. The number of benzene rings is 2. The van der Waals surface area contributed by atoms with Crippen LogP contribution in [0.25, 0.3) is 0 Å². The van der Waals surface area contributed by atoms with Crippen LogP contribution in [0.2, 0.25) is 0 Å². The number of hydrogen-bond acceptors (Lipinski definition) is 4. The number of hydrogen-bond donors (Lipinski definition) is 1. The Balaban J connectivity index is 1.74. The second kappa shape index (κ2) is 7.27. The van der Waals surface area contributed by atoms with Gasteiger partial charge in [-0.25, -0.2) is 4.39 Å². The molecule has 0 spiro atoms. The van der Waals surface area contributed by atoms with Gasteiger partial charge in [0.05, 0.1) is 11.7 Å². The van der Waals surface area contributed by atoms with Gasteiger partial charge in [-0.1, -0.05) is 12.1 Å². The van der Waals surface area contributed by atoms with Crippen LogP contribution in [-0.4, -0.2) is 24.5 Å². The summed E-state index contributed by atoms with van der Waals surface area (Å²) in [6.45, 7) is 0. The van der Waals surface area contributed by atoms with Crippen molar-refractivity contribution < 1.29 is 13.9 Å². The molecule has 3 nitrogen and oxygen atoms in total. The molecule has 1 fully saturated rings. The van der Waals surface area contributed by atoms with E-state index < -0.39 is 5.82 Å². The molecular weight excluding hydrogens is 333 g/mol. The summed E-state index contributed by atoms with van der Waals surface area (Å²) in [5.41, 5.74) is 2.17. The molecule has 2 aromatic carbocycles. The van der Waals surface area contributed by atoms with Crippen LogP contribution in [-0.2, 0) is 0 Å². The Bertz CT molecular complexity index is 717. The number of anilines is 1. The van der Waals surface area contributed by atoms with Crippen LogP contribution in [0.4, 0.5) is 10.1 Å². The fourth-order valence-corrected chi connectivity index (χ4v) is 5.16. The van der Waals surface area contributed by atoms with Crippen molar-refractivity contribution in [2.75, 3.05) is 23.9 Å². The number of nitrogens with one attached hydrogen (secondary N) is 1. The smallest absolute Gasteiger partial charge is 0.255 e. The first-order valence-corrected chi connectivity index (χ1v) is 9.25. The third kappa shape index (κ3) is 3.82. The van der Waals surface area contributed by atoms with Crippen molar-refractivity contribution in [2.24, 2.45) is 0 Å². The van der Waals surface area contributed by atoms with Crippen LogP contribution >= 0.6 is 23.5 Å². The standard InChI is InChI=1S/C17H16FNO2S2/c1-21-15-6-5-11(10-14(15)18)16(20)19-13-4-2-3-12(9-13)17-22-7-8-23-17/h2-6,9-10,17H,7-8H2,1H3,(H,19,20). The minimum atomic E-state index is -0.548. The molecule has 0 aromatic heterocycles. The Morgan fingerprint density at radius 3 is 2.70 bits per heavy atom. The molecule has 1 aliphatic rings. The maximum atomic E-state index is 13.7. The lowest BCUT2D eigenvalue weighted by molar-refractivity contribution is 0.102. The minimum absolute atomic E-state index is 0.124. The molecule has 1 N–H and O–H groups in total. The third-order valence-electron chi connectivity index (χ3n) is 3.45. The van der Waals surface area contributed by atoms with Gasteiger partial charge in [-0.3, -0.25) is 4.79 Å². The van der Waals surface area contributed by atoms with E-state index in [2.05, 4.69) is 11.4 Å².